The lowest BCUT2D eigenvalue weighted by atomic mass is 9.84. The van der Waals surface area contributed by atoms with Gasteiger partial charge in [-0.05, 0) is 48.2 Å². The van der Waals surface area contributed by atoms with E-state index in [1.54, 1.807) is 42.4 Å². The Morgan fingerprint density at radius 3 is 2.29 bits per heavy atom. The van der Waals surface area contributed by atoms with Crippen molar-refractivity contribution in [2.24, 2.45) is 5.73 Å². The molecular formula is C34H36ClN5O4S. The highest BCUT2D eigenvalue weighted by Gasteiger charge is 2.36. The van der Waals surface area contributed by atoms with Gasteiger partial charge in [-0.2, -0.15) is 0 Å². The number of morpholine rings is 1. The van der Waals surface area contributed by atoms with Gasteiger partial charge in [0, 0.05) is 37.2 Å². The molecule has 0 spiro atoms. The molecule has 2 aromatic heterocycles. The third-order valence-corrected chi connectivity index (χ3v) is 9.16. The van der Waals surface area contributed by atoms with E-state index in [4.69, 9.17) is 26.8 Å². The van der Waals surface area contributed by atoms with E-state index < -0.39 is 24.0 Å². The number of benzene rings is 2. The van der Waals surface area contributed by atoms with Crippen molar-refractivity contribution in [2.45, 2.75) is 42.0 Å². The van der Waals surface area contributed by atoms with Crippen LogP contribution >= 0.6 is 23.4 Å². The van der Waals surface area contributed by atoms with Gasteiger partial charge in [-0.25, -0.2) is 14.7 Å². The maximum absolute atomic E-state index is 14.2. The minimum Gasteiger partial charge on any atom is -0.452 e. The van der Waals surface area contributed by atoms with E-state index in [-0.39, 0.29) is 12.2 Å². The highest BCUT2D eigenvalue weighted by atomic mass is 35.5. The van der Waals surface area contributed by atoms with E-state index >= 15 is 0 Å². The molecule has 0 radical (unpaired) electrons. The van der Waals surface area contributed by atoms with Crippen LogP contribution in [0.2, 0.25) is 5.02 Å². The van der Waals surface area contributed by atoms with Gasteiger partial charge >= 0.3 is 6.09 Å². The second kappa shape index (κ2) is 16.0. The molecule has 1 aliphatic rings. The lowest BCUT2D eigenvalue weighted by molar-refractivity contribution is -0.119. The van der Waals surface area contributed by atoms with Crippen molar-refractivity contribution in [2.75, 3.05) is 30.9 Å². The van der Waals surface area contributed by atoms with E-state index in [9.17, 15) is 9.59 Å². The molecule has 4 aromatic rings. The number of hydrogen-bond acceptors (Lipinski definition) is 9. The Labute approximate surface area is 272 Å². The van der Waals surface area contributed by atoms with Gasteiger partial charge in [0.25, 0.3) is 5.91 Å². The molecule has 3 heterocycles. The van der Waals surface area contributed by atoms with Crippen LogP contribution in [0.1, 0.15) is 29.2 Å². The molecule has 11 heteroatoms. The Hall–Kier alpha value is -3.80. The van der Waals surface area contributed by atoms with Crippen LogP contribution < -0.4 is 16.0 Å². The molecule has 3 N–H and O–H groups in total. The molecule has 0 aliphatic carbocycles. The number of imide groups is 1. The van der Waals surface area contributed by atoms with Crippen LogP contribution in [-0.2, 0) is 20.7 Å². The van der Waals surface area contributed by atoms with Crippen molar-refractivity contribution in [3.05, 3.63) is 119 Å². The summed E-state index contributed by atoms with van der Waals surface area (Å²) >= 11 is 7.83. The Morgan fingerprint density at radius 2 is 1.62 bits per heavy atom. The molecule has 1 fully saturated rings. The number of rotatable bonds is 11. The van der Waals surface area contributed by atoms with Gasteiger partial charge in [0.2, 0.25) is 0 Å². The average Bonchev–Trinajstić information content (AvgIpc) is 3.08. The fourth-order valence-electron chi connectivity index (χ4n) is 5.43. The molecule has 0 saturated carbocycles. The molecule has 0 unspecified atom stereocenters. The maximum Gasteiger partial charge on any atom is 0.421 e. The first-order valence-corrected chi connectivity index (χ1v) is 16.1. The Bertz CT molecular complexity index is 1530. The van der Waals surface area contributed by atoms with Gasteiger partial charge in [0.15, 0.2) is 0 Å². The lowest BCUT2D eigenvalue weighted by Gasteiger charge is -2.31. The first-order valence-electron chi connectivity index (χ1n) is 14.8. The monoisotopic (exact) mass is 645 g/mol. The van der Waals surface area contributed by atoms with Crippen molar-refractivity contribution in [3.63, 3.8) is 0 Å². The summed E-state index contributed by atoms with van der Waals surface area (Å²) < 4.78 is 11.5. The smallest absolute Gasteiger partial charge is 0.421 e. The van der Waals surface area contributed by atoms with Crippen LogP contribution in [0.5, 0.6) is 0 Å². The number of amides is 2. The highest BCUT2D eigenvalue weighted by Crippen LogP contribution is 2.31. The molecule has 0 bridgehead atoms. The summed E-state index contributed by atoms with van der Waals surface area (Å²) in [5, 5.41) is 4.84. The van der Waals surface area contributed by atoms with E-state index in [0.717, 1.165) is 27.6 Å². The second-order valence-electron chi connectivity index (χ2n) is 10.6. The van der Waals surface area contributed by atoms with E-state index in [0.29, 0.717) is 41.5 Å². The number of pyridine rings is 2. The first-order chi connectivity index (χ1) is 22.0. The summed E-state index contributed by atoms with van der Waals surface area (Å²) in [5.74, 6) is -0.388. The van der Waals surface area contributed by atoms with E-state index in [1.807, 2.05) is 66.7 Å². The maximum atomic E-state index is 14.2. The highest BCUT2D eigenvalue weighted by molar-refractivity contribution is 7.99. The number of nitrogens with zero attached hydrogens (tertiary/aromatic N) is 3. The van der Waals surface area contributed by atoms with Crippen LogP contribution in [0.25, 0.3) is 0 Å². The summed E-state index contributed by atoms with van der Waals surface area (Å²) in [6, 6.07) is 25.1. The second-order valence-corrected chi connectivity index (χ2v) is 12.0. The fraction of sp³-hybridized carbons (Fsp3) is 0.294. The zero-order valence-electron chi connectivity index (χ0n) is 24.9. The van der Waals surface area contributed by atoms with Crippen molar-refractivity contribution in [1.82, 2.24) is 15.3 Å². The van der Waals surface area contributed by atoms with Crippen LogP contribution in [-0.4, -0.2) is 66.2 Å². The zero-order chi connectivity index (χ0) is 31.6. The number of carbonyl (C=O) groups excluding carboxylic acids is 2. The number of hydrogen-bond donors (Lipinski definition) is 2. The van der Waals surface area contributed by atoms with Gasteiger partial charge in [-0.3, -0.25) is 9.78 Å². The molecule has 2 aromatic carbocycles. The molecular weight excluding hydrogens is 610 g/mol. The standard InChI is InChI=1S/C34H36ClN5O4S/c1-43-34(42)40(33(41)31(36)30(23-10-4-2-5-11-23)24-12-6-3-7-13-24)29-15-9-18-38-28(29)17-16-25-20-37-21-26(44-25)22-45-32-27(35)14-8-19-39-32/h2-15,18-19,25-26,30-31,37H,16-17,20-22,36H2,1H3/t25-,26+,31+/m1/s1. The number of anilines is 1. The van der Waals surface area contributed by atoms with Crippen molar-refractivity contribution in [1.29, 1.82) is 0 Å². The van der Waals surface area contributed by atoms with Crippen LogP contribution in [0, 0.1) is 0 Å². The minimum absolute atomic E-state index is 0.0333. The third kappa shape index (κ3) is 8.27. The number of nitrogens with two attached hydrogens (primary N) is 1. The molecule has 1 saturated heterocycles. The summed E-state index contributed by atoms with van der Waals surface area (Å²) in [5.41, 5.74) is 9.36. The van der Waals surface area contributed by atoms with Gasteiger partial charge < -0.3 is 20.5 Å². The molecule has 3 atom stereocenters. The minimum atomic E-state index is -1.08. The number of ether oxygens (including phenoxy) is 2. The number of nitrogens with one attached hydrogen (secondary N) is 1. The number of aromatic nitrogens is 2. The topological polar surface area (TPSA) is 120 Å². The van der Waals surface area contributed by atoms with Gasteiger partial charge in [-0.15, -0.1) is 11.8 Å². The van der Waals surface area contributed by atoms with Crippen molar-refractivity contribution in [3.8, 4) is 0 Å². The predicted molar refractivity (Wildman–Crippen MR) is 177 cm³/mol. The van der Waals surface area contributed by atoms with E-state index in [2.05, 4.69) is 15.3 Å². The SMILES string of the molecule is COC(=O)N(C(=O)[C@@H](N)C(c1ccccc1)c1ccccc1)c1cccnc1CC[C@@H]1CNC[C@@H](CSc2ncccc2Cl)O1. The Morgan fingerprint density at radius 1 is 0.978 bits per heavy atom. The van der Waals surface area contributed by atoms with Crippen molar-refractivity contribution < 1.29 is 19.1 Å². The average molecular weight is 646 g/mol. The van der Waals surface area contributed by atoms with Gasteiger partial charge in [-0.1, -0.05) is 72.3 Å². The van der Waals surface area contributed by atoms with E-state index in [1.165, 1.54) is 7.11 Å². The lowest BCUT2D eigenvalue weighted by Crippen LogP contribution is -2.50. The summed E-state index contributed by atoms with van der Waals surface area (Å²) in [6.45, 7) is 1.39. The van der Waals surface area contributed by atoms with Crippen LogP contribution in [0.4, 0.5) is 10.5 Å². The third-order valence-electron chi connectivity index (χ3n) is 7.61. The molecule has 2 amide bonds. The number of carbonyl (C=O) groups is 2. The molecule has 9 nitrogen and oxygen atoms in total. The Kier molecular flexibility index (Phi) is 11.6. The van der Waals surface area contributed by atoms with Gasteiger partial charge in [0.05, 0.1) is 41.8 Å². The normalized spacial score (nSPS) is 17.1. The number of thioether (sulfide) groups is 1. The fourth-order valence-corrected chi connectivity index (χ4v) is 6.60. The number of methoxy groups -OCH3 is 1. The van der Waals surface area contributed by atoms with Gasteiger partial charge in [0.1, 0.15) is 5.03 Å². The van der Waals surface area contributed by atoms with Crippen LogP contribution in [0.15, 0.2) is 102 Å². The number of halogens is 1. The quantitative estimate of drug-likeness (QED) is 0.205. The molecule has 45 heavy (non-hydrogen) atoms. The largest absolute Gasteiger partial charge is 0.452 e. The molecule has 5 rings (SSSR count). The number of aryl methyl sites for hydroxylation is 1. The predicted octanol–water partition coefficient (Wildman–Crippen LogP) is 5.47. The first kappa shape index (κ1) is 32.6. The van der Waals surface area contributed by atoms with Crippen LogP contribution in [0.3, 0.4) is 0 Å². The molecule has 234 valence electrons. The Balaban J connectivity index is 1.32. The zero-order valence-corrected chi connectivity index (χ0v) is 26.5. The van der Waals surface area contributed by atoms with Crippen molar-refractivity contribution >= 4 is 41.1 Å². The summed E-state index contributed by atoms with van der Waals surface area (Å²) in [4.78, 5) is 37.3. The summed E-state index contributed by atoms with van der Waals surface area (Å²) in [6.07, 6.45) is 3.49. The molecule has 1 aliphatic heterocycles. The summed E-state index contributed by atoms with van der Waals surface area (Å²) in [7, 11) is 1.24.